The fourth-order valence-electron chi connectivity index (χ4n) is 2.37. The van der Waals surface area contributed by atoms with Crippen LogP contribution < -0.4 is 15.5 Å². The lowest BCUT2D eigenvalue weighted by Crippen LogP contribution is -2.47. The van der Waals surface area contributed by atoms with E-state index < -0.39 is 0 Å². The second kappa shape index (κ2) is 5.87. The van der Waals surface area contributed by atoms with Gasteiger partial charge in [-0.3, -0.25) is 4.90 Å². The van der Waals surface area contributed by atoms with Gasteiger partial charge in [-0.15, -0.1) is 0 Å². The summed E-state index contributed by atoms with van der Waals surface area (Å²) in [6, 6.07) is 8.38. The number of hydrogen-bond donors (Lipinski definition) is 2. The molecule has 1 aromatic rings. The Hall–Kier alpha value is -1.55. The van der Waals surface area contributed by atoms with Crippen molar-refractivity contribution in [2.45, 2.75) is 26.3 Å². The molecule has 2 rings (SSSR count). The van der Waals surface area contributed by atoms with Crippen molar-refractivity contribution in [3.05, 3.63) is 29.8 Å². The van der Waals surface area contributed by atoms with E-state index in [1.165, 1.54) is 5.56 Å². The minimum absolute atomic E-state index is 0.0115. The van der Waals surface area contributed by atoms with Gasteiger partial charge in [-0.05, 0) is 31.5 Å². The van der Waals surface area contributed by atoms with Crippen molar-refractivity contribution in [3.8, 4) is 0 Å². The lowest BCUT2D eigenvalue weighted by atomic mass is 10.0. The summed E-state index contributed by atoms with van der Waals surface area (Å²) in [4.78, 5) is 13.8. The van der Waals surface area contributed by atoms with Crippen LogP contribution in [-0.4, -0.2) is 25.7 Å². The molecule has 4 nitrogen and oxygen atoms in total. The van der Waals surface area contributed by atoms with E-state index in [2.05, 4.69) is 30.5 Å². The fourth-order valence-corrected chi connectivity index (χ4v) is 2.37. The van der Waals surface area contributed by atoms with Crippen LogP contribution in [0.4, 0.5) is 10.5 Å². The number of rotatable bonds is 4. The van der Waals surface area contributed by atoms with E-state index >= 15 is 0 Å². The molecule has 1 fully saturated rings. The van der Waals surface area contributed by atoms with Crippen LogP contribution in [0.1, 0.15) is 31.9 Å². The molecule has 98 valence electrons. The molecule has 2 N–H and O–H groups in total. The molecule has 1 aromatic carbocycles. The van der Waals surface area contributed by atoms with Gasteiger partial charge in [0.2, 0.25) is 0 Å². The van der Waals surface area contributed by atoms with Gasteiger partial charge in [-0.1, -0.05) is 25.1 Å². The first kappa shape index (κ1) is 12.9. The predicted molar refractivity (Wildman–Crippen MR) is 73.9 cm³/mol. The SMILES string of the molecule is CCNC(C)c1ccccc1N1CCCNC1=O. The highest BCUT2D eigenvalue weighted by Crippen LogP contribution is 2.27. The first-order valence-electron chi connectivity index (χ1n) is 6.61. The number of para-hydroxylation sites is 1. The van der Waals surface area contributed by atoms with Crippen LogP contribution in [0.15, 0.2) is 24.3 Å². The van der Waals surface area contributed by atoms with Gasteiger partial charge in [0.15, 0.2) is 0 Å². The summed E-state index contributed by atoms with van der Waals surface area (Å²) in [7, 11) is 0. The molecule has 0 bridgehead atoms. The molecule has 0 radical (unpaired) electrons. The van der Waals surface area contributed by atoms with Crippen LogP contribution >= 0.6 is 0 Å². The summed E-state index contributed by atoms with van der Waals surface area (Å²) < 4.78 is 0. The van der Waals surface area contributed by atoms with Crippen molar-refractivity contribution in [3.63, 3.8) is 0 Å². The van der Waals surface area contributed by atoms with E-state index in [0.29, 0.717) is 0 Å². The number of anilines is 1. The maximum atomic E-state index is 11.9. The van der Waals surface area contributed by atoms with Gasteiger partial charge < -0.3 is 10.6 Å². The number of urea groups is 1. The summed E-state index contributed by atoms with van der Waals surface area (Å²) in [6.45, 7) is 6.71. The Morgan fingerprint density at radius 3 is 2.94 bits per heavy atom. The Kier molecular flexibility index (Phi) is 4.20. The highest BCUT2D eigenvalue weighted by atomic mass is 16.2. The standard InChI is InChI=1S/C14H21N3O/c1-3-15-11(2)12-7-4-5-8-13(12)17-10-6-9-16-14(17)18/h4-5,7-8,11,15H,3,6,9-10H2,1-2H3,(H,16,18). The first-order chi connectivity index (χ1) is 8.74. The third kappa shape index (κ3) is 2.64. The summed E-state index contributed by atoms with van der Waals surface area (Å²) in [5, 5.41) is 6.29. The van der Waals surface area contributed by atoms with E-state index in [4.69, 9.17) is 0 Å². The topological polar surface area (TPSA) is 44.4 Å². The van der Waals surface area contributed by atoms with Crippen LogP contribution in [0.3, 0.4) is 0 Å². The lowest BCUT2D eigenvalue weighted by molar-refractivity contribution is 0.243. The van der Waals surface area contributed by atoms with Crippen LogP contribution in [0.25, 0.3) is 0 Å². The second-order valence-electron chi connectivity index (χ2n) is 4.58. The zero-order valence-corrected chi connectivity index (χ0v) is 11.1. The highest BCUT2D eigenvalue weighted by molar-refractivity contribution is 5.93. The van der Waals surface area contributed by atoms with Crippen LogP contribution in [0.2, 0.25) is 0 Å². The molecule has 0 saturated carbocycles. The van der Waals surface area contributed by atoms with Crippen molar-refractivity contribution >= 4 is 11.7 Å². The predicted octanol–water partition coefficient (Wildman–Crippen LogP) is 2.28. The first-order valence-corrected chi connectivity index (χ1v) is 6.61. The van der Waals surface area contributed by atoms with E-state index in [1.807, 2.05) is 23.1 Å². The third-order valence-electron chi connectivity index (χ3n) is 3.28. The molecule has 0 aliphatic carbocycles. The lowest BCUT2D eigenvalue weighted by Gasteiger charge is -2.30. The third-order valence-corrected chi connectivity index (χ3v) is 3.28. The smallest absolute Gasteiger partial charge is 0.321 e. The Bertz CT molecular complexity index is 419. The van der Waals surface area contributed by atoms with E-state index in [9.17, 15) is 4.79 Å². The van der Waals surface area contributed by atoms with Crippen LogP contribution in [0, 0.1) is 0 Å². The molecule has 1 saturated heterocycles. The molecule has 4 heteroatoms. The van der Waals surface area contributed by atoms with Gasteiger partial charge in [0, 0.05) is 19.1 Å². The van der Waals surface area contributed by atoms with Gasteiger partial charge in [0.05, 0.1) is 5.69 Å². The van der Waals surface area contributed by atoms with Crippen molar-refractivity contribution < 1.29 is 4.79 Å². The number of hydrogen-bond acceptors (Lipinski definition) is 2. The summed E-state index contributed by atoms with van der Waals surface area (Å²) in [5.41, 5.74) is 2.19. The maximum Gasteiger partial charge on any atom is 0.321 e. The van der Waals surface area contributed by atoms with Crippen molar-refractivity contribution in [2.24, 2.45) is 0 Å². The molecule has 0 aromatic heterocycles. The largest absolute Gasteiger partial charge is 0.338 e. The Morgan fingerprint density at radius 1 is 1.44 bits per heavy atom. The Morgan fingerprint density at radius 2 is 2.22 bits per heavy atom. The van der Waals surface area contributed by atoms with Gasteiger partial charge in [-0.2, -0.15) is 0 Å². The molecular weight excluding hydrogens is 226 g/mol. The molecule has 18 heavy (non-hydrogen) atoms. The van der Waals surface area contributed by atoms with Gasteiger partial charge >= 0.3 is 6.03 Å². The minimum Gasteiger partial charge on any atom is -0.338 e. The quantitative estimate of drug-likeness (QED) is 0.857. The summed E-state index contributed by atoms with van der Waals surface area (Å²) in [6.07, 6.45) is 0.996. The number of nitrogens with one attached hydrogen (secondary N) is 2. The zero-order chi connectivity index (χ0) is 13.0. The van der Waals surface area contributed by atoms with Crippen molar-refractivity contribution in [2.75, 3.05) is 24.5 Å². The summed E-state index contributed by atoms with van der Waals surface area (Å²) >= 11 is 0. The molecule has 0 spiro atoms. The number of nitrogens with zero attached hydrogens (tertiary/aromatic N) is 1. The monoisotopic (exact) mass is 247 g/mol. The highest BCUT2D eigenvalue weighted by Gasteiger charge is 2.22. The maximum absolute atomic E-state index is 11.9. The molecular formula is C14H21N3O. The number of amides is 2. The molecule has 1 unspecified atom stereocenters. The average Bonchev–Trinajstić information content (AvgIpc) is 2.40. The minimum atomic E-state index is 0.0115. The zero-order valence-electron chi connectivity index (χ0n) is 11.1. The van der Waals surface area contributed by atoms with Gasteiger partial charge in [0.25, 0.3) is 0 Å². The molecule has 2 amide bonds. The molecule has 1 atom stereocenters. The van der Waals surface area contributed by atoms with E-state index in [1.54, 1.807) is 0 Å². The Labute approximate surface area is 108 Å². The van der Waals surface area contributed by atoms with Gasteiger partial charge in [-0.25, -0.2) is 4.79 Å². The molecule has 1 aliphatic rings. The van der Waals surface area contributed by atoms with Crippen molar-refractivity contribution in [1.82, 2.24) is 10.6 Å². The van der Waals surface area contributed by atoms with E-state index in [0.717, 1.165) is 31.7 Å². The van der Waals surface area contributed by atoms with Crippen LogP contribution in [-0.2, 0) is 0 Å². The van der Waals surface area contributed by atoms with Gasteiger partial charge in [0.1, 0.15) is 0 Å². The fraction of sp³-hybridized carbons (Fsp3) is 0.500. The van der Waals surface area contributed by atoms with Crippen molar-refractivity contribution in [1.29, 1.82) is 0 Å². The number of carbonyl (C=O) groups is 1. The summed E-state index contributed by atoms with van der Waals surface area (Å²) in [5.74, 6) is 0. The second-order valence-corrected chi connectivity index (χ2v) is 4.58. The average molecular weight is 247 g/mol. The normalized spacial score (nSPS) is 17.4. The number of carbonyl (C=O) groups excluding carboxylic acids is 1. The molecule has 1 heterocycles. The van der Waals surface area contributed by atoms with Crippen LogP contribution in [0.5, 0.6) is 0 Å². The number of benzene rings is 1. The molecule has 1 aliphatic heterocycles. The van der Waals surface area contributed by atoms with E-state index in [-0.39, 0.29) is 12.1 Å². The Balaban J connectivity index is 2.28.